The number of thiazole rings is 1. The predicted octanol–water partition coefficient (Wildman–Crippen LogP) is 3.66. The number of benzene rings is 2. The van der Waals surface area contributed by atoms with Crippen molar-refractivity contribution in [1.29, 1.82) is 0 Å². The van der Waals surface area contributed by atoms with E-state index in [4.69, 9.17) is 9.47 Å². The number of ether oxygens (including phenoxy) is 2. The Morgan fingerprint density at radius 2 is 1.89 bits per heavy atom. The zero-order valence-corrected chi connectivity index (χ0v) is 16.3. The topological polar surface area (TPSA) is 86.2 Å². The Morgan fingerprint density at radius 1 is 1.14 bits per heavy atom. The van der Waals surface area contributed by atoms with E-state index in [2.05, 4.69) is 10.1 Å². The minimum atomic E-state index is -0.358. The number of nitrogens with zero attached hydrogens (tertiary/aromatic N) is 2. The highest BCUT2D eigenvalue weighted by molar-refractivity contribution is 7.20. The van der Waals surface area contributed by atoms with Crippen LogP contribution in [0.5, 0.6) is 16.7 Å². The number of nitrogens with one attached hydrogen (secondary N) is 1. The Kier molecular flexibility index (Phi) is 4.48. The number of H-pyrrole nitrogens is 1. The summed E-state index contributed by atoms with van der Waals surface area (Å²) < 4.78 is 13.3. The van der Waals surface area contributed by atoms with Gasteiger partial charge >= 0.3 is 0 Å². The molecule has 8 heteroatoms. The van der Waals surface area contributed by atoms with Crippen LogP contribution in [0.4, 0.5) is 0 Å². The zero-order chi connectivity index (χ0) is 19.8. The summed E-state index contributed by atoms with van der Waals surface area (Å²) in [5, 5.41) is 3.17. The number of hydrogen-bond donors (Lipinski definition) is 1. The van der Waals surface area contributed by atoms with Crippen LogP contribution in [0.15, 0.2) is 47.4 Å². The maximum Gasteiger partial charge on any atom is 0.279 e. The molecule has 0 fully saturated rings. The van der Waals surface area contributed by atoms with Gasteiger partial charge < -0.3 is 14.6 Å². The molecule has 0 spiro atoms. The van der Waals surface area contributed by atoms with Crippen LogP contribution < -0.4 is 15.0 Å². The molecule has 2 aromatic heterocycles. The summed E-state index contributed by atoms with van der Waals surface area (Å²) in [5.41, 5.74) is 1.57. The van der Waals surface area contributed by atoms with Crippen LogP contribution in [0.3, 0.4) is 0 Å². The third-order valence-corrected chi connectivity index (χ3v) is 5.39. The van der Waals surface area contributed by atoms with Crippen LogP contribution >= 0.6 is 11.3 Å². The van der Waals surface area contributed by atoms with Gasteiger partial charge in [-0.25, -0.2) is 4.98 Å². The van der Waals surface area contributed by atoms with E-state index in [0.29, 0.717) is 33.3 Å². The predicted molar refractivity (Wildman–Crippen MR) is 107 cm³/mol. The molecule has 2 heterocycles. The smallest absolute Gasteiger partial charge is 0.279 e. The van der Waals surface area contributed by atoms with E-state index in [-0.39, 0.29) is 16.9 Å². The third-order valence-electron chi connectivity index (χ3n) is 4.49. The lowest BCUT2D eigenvalue weighted by molar-refractivity contribution is 0.103. The van der Waals surface area contributed by atoms with Gasteiger partial charge in [0, 0.05) is 18.8 Å². The first-order chi connectivity index (χ1) is 13.5. The van der Waals surface area contributed by atoms with Crippen molar-refractivity contribution < 1.29 is 14.3 Å². The lowest BCUT2D eigenvalue weighted by Crippen LogP contribution is -2.19. The largest absolute Gasteiger partial charge is 0.493 e. The van der Waals surface area contributed by atoms with Gasteiger partial charge in [-0.15, -0.1) is 0 Å². The van der Waals surface area contributed by atoms with Crippen molar-refractivity contribution in [3.05, 3.63) is 69.6 Å². The minimum Gasteiger partial charge on any atom is -0.493 e. The van der Waals surface area contributed by atoms with Gasteiger partial charge in [-0.3, -0.25) is 14.3 Å². The number of aryl methyl sites for hydroxylation is 2. The van der Waals surface area contributed by atoms with Crippen molar-refractivity contribution in [2.24, 2.45) is 7.05 Å². The Hall–Kier alpha value is -3.39. The number of aromatic amines is 1. The summed E-state index contributed by atoms with van der Waals surface area (Å²) in [6.45, 7) is 1.82. The van der Waals surface area contributed by atoms with Crippen LogP contribution in [-0.2, 0) is 7.05 Å². The van der Waals surface area contributed by atoms with Gasteiger partial charge in [0.15, 0.2) is 11.5 Å². The number of rotatable bonds is 5. The molecule has 0 aliphatic heterocycles. The molecule has 0 radical (unpaired) electrons. The first kappa shape index (κ1) is 18.0. The van der Waals surface area contributed by atoms with Crippen LogP contribution in [0.2, 0.25) is 0 Å². The number of fused-ring (bicyclic) bond motifs is 1. The molecular formula is C20H17N3O4S. The van der Waals surface area contributed by atoms with Crippen molar-refractivity contribution in [3.63, 3.8) is 0 Å². The molecule has 0 aliphatic rings. The highest BCUT2D eigenvalue weighted by atomic mass is 32.1. The van der Waals surface area contributed by atoms with E-state index in [0.717, 1.165) is 4.70 Å². The summed E-state index contributed by atoms with van der Waals surface area (Å²) in [5.74, 6) is 0.841. The molecule has 0 bridgehead atoms. The summed E-state index contributed by atoms with van der Waals surface area (Å²) in [4.78, 5) is 29.5. The molecule has 4 aromatic rings. The van der Waals surface area contributed by atoms with E-state index in [1.165, 1.54) is 22.2 Å². The van der Waals surface area contributed by atoms with Gasteiger partial charge in [-0.05, 0) is 36.8 Å². The highest BCUT2D eigenvalue weighted by Crippen LogP contribution is 2.37. The van der Waals surface area contributed by atoms with Gasteiger partial charge in [0.25, 0.3) is 10.8 Å². The van der Waals surface area contributed by atoms with Gasteiger partial charge in [0.05, 0.1) is 17.3 Å². The maximum atomic E-state index is 12.8. The Bertz CT molecular complexity index is 1250. The molecule has 0 aliphatic carbocycles. The lowest BCUT2D eigenvalue weighted by atomic mass is 10.0. The molecule has 0 atom stereocenters. The first-order valence-corrected chi connectivity index (χ1v) is 9.31. The fraction of sp³-hybridized carbons (Fsp3) is 0.150. The van der Waals surface area contributed by atoms with Crippen LogP contribution in [0.25, 0.3) is 10.2 Å². The highest BCUT2D eigenvalue weighted by Gasteiger charge is 2.20. The molecule has 4 rings (SSSR count). The van der Waals surface area contributed by atoms with E-state index >= 15 is 0 Å². The molecule has 0 saturated carbocycles. The summed E-state index contributed by atoms with van der Waals surface area (Å²) >= 11 is 1.38. The Balaban J connectivity index is 1.73. The monoisotopic (exact) mass is 395 g/mol. The van der Waals surface area contributed by atoms with Crippen LogP contribution in [-0.4, -0.2) is 27.7 Å². The average Bonchev–Trinajstić information content (AvgIpc) is 3.26. The quantitative estimate of drug-likeness (QED) is 0.521. The van der Waals surface area contributed by atoms with Gasteiger partial charge in [0.2, 0.25) is 5.78 Å². The number of hydrogen-bond acceptors (Lipinski definition) is 6. The lowest BCUT2D eigenvalue weighted by Gasteiger charge is -2.06. The van der Waals surface area contributed by atoms with Gasteiger partial charge in [-0.2, -0.15) is 0 Å². The number of carbonyl (C=O) groups is 1. The molecular weight excluding hydrogens is 378 g/mol. The molecule has 28 heavy (non-hydrogen) atoms. The Morgan fingerprint density at radius 3 is 2.57 bits per heavy atom. The van der Waals surface area contributed by atoms with Gasteiger partial charge in [0.1, 0.15) is 5.56 Å². The summed E-state index contributed by atoms with van der Waals surface area (Å²) in [6, 6.07) is 10.9. The van der Waals surface area contributed by atoms with Crippen molar-refractivity contribution in [1.82, 2.24) is 14.8 Å². The first-order valence-electron chi connectivity index (χ1n) is 8.49. The summed E-state index contributed by atoms with van der Waals surface area (Å²) in [6.07, 6.45) is 1.42. The molecule has 0 amide bonds. The number of methoxy groups -OCH3 is 1. The number of ketones is 1. The van der Waals surface area contributed by atoms with Crippen molar-refractivity contribution >= 4 is 27.3 Å². The normalized spacial score (nSPS) is 11.0. The van der Waals surface area contributed by atoms with Crippen LogP contribution in [0.1, 0.15) is 21.5 Å². The van der Waals surface area contributed by atoms with E-state index in [1.807, 2.05) is 31.2 Å². The zero-order valence-electron chi connectivity index (χ0n) is 15.5. The van der Waals surface area contributed by atoms with Gasteiger partial charge in [-0.1, -0.05) is 23.5 Å². The molecule has 0 saturated heterocycles. The number of para-hydroxylation sites is 2. The van der Waals surface area contributed by atoms with Crippen molar-refractivity contribution in [2.75, 3.05) is 7.11 Å². The average molecular weight is 395 g/mol. The van der Waals surface area contributed by atoms with E-state index < -0.39 is 0 Å². The fourth-order valence-corrected chi connectivity index (χ4v) is 3.85. The summed E-state index contributed by atoms with van der Waals surface area (Å²) in [7, 11) is 3.14. The minimum absolute atomic E-state index is 0.102. The molecule has 2 aromatic carbocycles. The molecule has 1 N–H and O–H groups in total. The molecule has 7 nitrogen and oxygen atoms in total. The second-order valence-corrected chi connectivity index (χ2v) is 7.19. The second kappa shape index (κ2) is 6.97. The molecule has 142 valence electrons. The van der Waals surface area contributed by atoms with Crippen molar-refractivity contribution in [2.45, 2.75) is 6.92 Å². The standard InChI is InChI=1S/C20H17N3O4S/c1-11-12(18(24)13-10-21-23(2)19(13)25)8-9-16-17(11)22-20(28-16)27-15-7-5-4-6-14(15)26-3/h4-10,21H,1-3H3. The second-order valence-electron chi connectivity index (χ2n) is 6.20. The third kappa shape index (κ3) is 2.97. The fourth-order valence-electron chi connectivity index (χ4n) is 2.96. The number of carbonyl (C=O) groups excluding carboxylic acids is 1. The van der Waals surface area contributed by atoms with E-state index in [1.54, 1.807) is 26.3 Å². The SMILES string of the molecule is COc1ccccc1Oc1nc2c(C)c(C(=O)c3c[nH]n(C)c3=O)ccc2s1. The maximum absolute atomic E-state index is 12.8. The van der Waals surface area contributed by atoms with E-state index in [9.17, 15) is 9.59 Å². The molecule has 0 unspecified atom stereocenters. The Labute approximate surface area is 164 Å². The van der Waals surface area contributed by atoms with Crippen LogP contribution in [0, 0.1) is 6.92 Å². The number of aromatic nitrogens is 3. The van der Waals surface area contributed by atoms with Crippen molar-refractivity contribution in [3.8, 4) is 16.7 Å².